The van der Waals surface area contributed by atoms with E-state index in [1.54, 1.807) is 6.26 Å². The summed E-state index contributed by atoms with van der Waals surface area (Å²) in [5.74, 6) is 0.947. The van der Waals surface area contributed by atoms with Gasteiger partial charge in [-0.15, -0.1) is 0 Å². The van der Waals surface area contributed by atoms with Crippen LogP contribution in [0, 0.1) is 0 Å². The van der Waals surface area contributed by atoms with E-state index in [-0.39, 0.29) is 11.9 Å². The first-order valence-electron chi connectivity index (χ1n) is 10.0. The number of carbonyl (C=O) groups excluding carboxylic acids is 1. The predicted octanol–water partition coefficient (Wildman–Crippen LogP) is 5.03. The van der Waals surface area contributed by atoms with Crippen LogP contribution in [0.15, 0.2) is 71.3 Å². The molecule has 0 radical (unpaired) electrons. The Balaban J connectivity index is 1.58. The van der Waals surface area contributed by atoms with E-state index in [2.05, 4.69) is 42.6 Å². The SMILES string of the molecule is CCNCc1cccc(-c2cccc(C(=O)N3CCCC3c3ccco3)c2)c1. The van der Waals surface area contributed by atoms with Crippen molar-refractivity contribution in [2.45, 2.75) is 32.4 Å². The maximum Gasteiger partial charge on any atom is 0.254 e. The van der Waals surface area contributed by atoms with E-state index in [0.717, 1.165) is 54.9 Å². The number of amides is 1. The van der Waals surface area contributed by atoms with Gasteiger partial charge in [-0.1, -0.05) is 37.3 Å². The van der Waals surface area contributed by atoms with Crippen LogP contribution in [0.25, 0.3) is 11.1 Å². The van der Waals surface area contributed by atoms with E-state index in [9.17, 15) is 4.79 Å². The third-order valence-corrected chi connectivity index (χ3v) is 5.33. The highest BCUT2D eigenvalue weighted by Gasteiger charge is 2.32. The number of hydrogen-bond donors (Lipinski definition) is 1. The first-order chi connectivity index (χ1) is 13.8. The molecule has 0 saturated carbocycles. The molecule has 1 aromatic heterocycles. The van der Waals surface area contributed by atoms with Crippen molar-refractivity contribution < 1.29 is 9.21 Å². The van der Waals surface area contributed by atoms with Crippen LogP contribution < -0.4 is 5.32 Å². The van der Waals surface area contributed by atoms with Gasteiger partial charge in [0, 0.05) is 18.7 Å². The van der Waals surface area contributed by atoms with Crippen LogP contribution in [0.2, 0.25) is 0 Å². The highest BCUT2D eigenvalue weighted by molar-refractivity contribution is 5.96. The Hall–Kier alpha value is -2.85. The average molecular weight is 374 g/mol. The summed E-state index contributed by atoms with van der Waals surface area (Å²) >= 11 is 0. The van der Waals surface area contributed by atoms with E-state index in [1.165, 1.54) is 5.56 Å². The third-order valence-electron chi connectivity index (χ3n) is 5.33. The van der Waals surface area contributed by atoms with Crippen molar-refractivity contribution in [1.29, 1.82) is 0 Å². The molecule has 1 unspecified atom stereocenters. The van der Waals surface area contributed by atoms with Crippen LogP contribution in [-0.2, 0) is 6.54 Å². The van der Waals surface area contributed by atoms with Crippen LogP contribution >= 0.6 is 0 Å². The Morgan fingerprint density at radius 3 is 2.71 bits per heavy atom. The van der Waals surface area contributed by atoms with Crippen molar-refractivity contribution in [2.24, 2.45) is 0 Å². The van der Waals surface area contributed by atoms with E-state index < -0.39 is 0 Å². The van der Waals surface area contributed by atoms with E-state index in [4.69, 9.17) is 4.42 Å². The van der Waals surface area contributed by atoms with E-state index in [0.29, 0.717) is 0 Å². The fraction of sp³-hybridized carbons (Fsp3) is 0.292. The molecule has 0 spiro atoms. The standard InChI is InChI=1S/C24H26N2O2/c1-2-25-17-18-7-3-8-19(15-18)20-9-4-10-21(16-20)24(27)26-13-5-11-22(26)23-12-6-14-28-23/h3-4,6-10,12,14-16,22,25H,2,5,11,13,17H2,1H3. The molecule has 1 amide bonds. The van der Waals surface area contributed by atoms with Crippen molar-refractivity contribution in [2.75, 3.05) is 13.1 Å². The first-order valence-corrected chi connectivity index (χ1v) is 10.0. The highest BCUT2D eigenvalue weighted by atomic mass is 16.3. The number of rotatable bonds is 6. The zero-order valence-electron chi connectivity index (χ0n) is 16.2. The van der Waals surface area contributed by atoms with Gasteiger partial charge in [-0.25, -0.2) is 0 Å². The van der Waals surface area contributed by atoms with Crippen molar-refractivity contribution >= 4 is 5.91 Å². The summed E-state index contributed by atoms with van der Waals surface area (Å²) in [6.45, 7) is 4.67. The predicted molar refractivity (Wildman–Crippen MR) is 111 cm³/mol. The number of likely N-dealkylation sites (tertiary alicyclic amines) is 1. The largest absolute Gasteiger partial charge is 0.467 e. The Morgan fingerprint density at radius 1 is 1.11 bits per heavy atom. The van der Waals surface area contributed by atoms with Gasteiger partial charge >= 0.3 is 0 Å². The first kappa shape index (κ1) is 18.5. The number of benzene rings is 2. The molecule has 2 aromatic carbocycles. The molecule has 3 aromatic rings. The molecular weight excluding hydrogens is 348 g/mol. The Labute approximate surface area is 166 Å². The molecule has 1 atom stereocenters. The molecule has 4 rings (SSSR count). The second kappa shape index (κ2) is 8.44. The van der Waals surface area contributed by atoms with Gasteiger partial charge in [-0.3, -0.25) is 4.79 Å². The molecular formula is C24H26N2O2. The molecule has 28 heavy (non-hydrogen) atoms. The van der Waals surface area contributed by atoms with Crippen LogP contribution in [0.5, 0.6) is 0 Å². The summed E-state index contributed by atoms with van der Waals surface area (Å²) in [6, 6.07) is 20.3. The topological polar surface area (TPSA) is 45.5 Å². The molecule has 1 aliphatic rings. The summed E-state index contributed by atoms with van der Waals surface area (Å²) < 4.78 is 5.57. The number of nitrogens with one attached hydrogen (secondary N) is 1. The van der Waals surface area contributed by atoms with Crippen LogP contribution in [0.4, 0.5) is 0 Å². The number of furan rings is 1. The minimum atomic E-state index is 0.0367. The smallest absolute Gasteiger partial charge is 0.254 e. The Kier molecular flexibility index (Phi) is 5.58. The maximum atomic E-state index is 13.2. The quantitative estimate of drug-likeness (QED) is 0.658. The molecule has 1 fully saturated rings. The second-order valence-electron chi connectivity index (χ2n) is 7.23. The van der Waals surface area contributed by atoms with Crippen LogP contribution in [0.3, 0.4) is 0 Å². The summed E-state index contributed by atoms with van der Waals surface area (Å²) in [7, 11) is 0. The molecule has 1 N–H and O–H groups in total. The monoisotopic (exact) mass is 374 g/mol. The minimum Gasteiger partial charge on any atom is -0.467 e. The summed E-state index contributed by atoms with van der Waals surface area (Å²) in [5, 5.41) is 3.36. The number of nitrogens with zero attached hydrogens (tertiary/aromatic N) is 1. The lowest BCUT2D eigenvalue weighted by Crippen LogP contribution is -2.30. The lowest BCUT2D eigenvalue weighted by Gasteiger charge is -2.23. The van der Waals surface area contributed by atoms with Crippen molar-refractivity contribution in [3.63, 3.8) is 0 Å². The van der Waals surface area contributed by atoms with Crippen molar-refractivity contribution in [1.82, 2.24) is 10.2 Å². The van der Waals surface area contributed by atoms with Crippen LogP contribution in [0.1, 0.15) is 47.5 Å². The lowest BCUT2D eigenvalue weighted by atomic mass is 10.0. The van der Waals surface area contributed by atoms with Gasteiger partial charge < -0.3 is 14.6 Å². The summed E-state index contributed by atoms with van der Waals surface area (Å²) in [5.41, 5.74) is 4.17. The van der Waals surface area contributed by atoms with Gasteiger partial charge in [0.1, 0.15) is 5.76 Å². The highest BCUT2D eigenvalue weighted by Crippen LogP contribution is 2.34. The van der Waals surface area contributed by atoms with Crippen LogP contribution in [-0.4, -0.2) is 23.9 Å². The minimum absolute atomic E-state index is 0.0367. The average Bonchev–Trinajstić information content (AvgIpc) is 3.43. The molecule has 4 heteroatoms. The third kappa shape index (κ3) is 3.87. The molecule has 1 saturated heterocycles. The molecule has 0 bridgehead atoms. The lowest BCUT2D eigenvalue weighted by molar-refractivity contribution is 0.0720. The maximum absolute atomic E-state index is 13.2. The summed E-state index contributed by atoms with van der Waals surface area (Å²) in [4.78, 5) is 15.2. The molecule has 4 nitrogen and oxygen atoms in total. The second-order valence-corrected chi connectivity index (χ2v) is 7.23. The van der Waals surface area contributed by atoms with Crippen molar-refractivity contribution in [3.05, 3.63) is 83.8 Å². The number of carbonyl (C=O) groups is 1. The Morgan fingerprint density at radius 2 is 1.93 bits per heavy atom. The molecule has 2 heterocycles. The van der Waals surface area contributed by atoms with Gasteiger partial charge in [0.25, 0.3) is 5.91 Å². The summed E-state index contributed by atoms with van der Waals surface area (Å²) in [6.07, 6.45) is 3.63. The van der Waals surface area contributed by atoms with Gasteiger partial charge in [0.15, 0.2) is 0 Å². The fourth-order valence-electron chi connectivity index (χ4n) is 3.91. The van der Waals surface area contributed by atoms with Gasteiger partial charge in [0.05, 0.1) is 12.3 Å². The normalized spacial score (nSPS) is 16.5. The zero-order valence-corrected chi connectivity index (χ0v) is 16.2. The molecule has 0 aliphatic carbocycles. The van der Waals surface area contributed by atoms with Crippen molar-refractivity contribution in [3.8, 4) is 11.1 Å². The zero-order chi connectivity index (χ0) is 19.3. The molecule has 144 valence electrons. The Bertz CT molecular complexity index is 933. The van der Waals surface area contributed by atoms with Gasteiger partial charge in [-0.2, -0.15) is 0 Å². The molecule has 1 aliphatic heterocycles. The number of hydrogen-bond acceptors (Lipinski definition) is 3. The van der Waals surface area contributed by atoms with Gasteiger partial charge in [-0.05, 0) is 66.4 Å². The van der Waals surface area contributed by atoms with E-state index >= 15 is 0 Å². The van der Waals surface area contributed by atoms with E-state index in [1.807, 2.05) is 35.2 Å². The fourth-order valence-corrected chi connectivity index (χ4v) is 3.91. The van der Waals surface area contributed by atoms with Gasteiger partial charge in [0.2, 0.25) is 0 Å².